The van der Waals surface area contributed by atoms with Gasteiger partial charge >= 0.3 is 0 Å². The molecule has 1 aliphatic heterocycles. The van der Waals surface area contributed by atoms with Gasteiger partial charge in [0, 0.05) is 17.2 Å². The maximum atomic E-state index is 13.9. The highest BCUT2D eigenvalue weighted by Crippen LogP contribution is 2.41. The fourth-order valence-corrected chi connectivity index (χ4v) is 6.72. The number of aromatic nitrogens is 1. The number of hydrogen-bond acceptors (Lipinski definition) is 6. The molecular formula is C33H22FN2O4S-. The number of rotatable bonds is 4. The molecule has 8 heteroatoms. The predicted octanol–water partition coefficient (Wildman–Crippen LogP) is 4.39. The summed E-state index contributed by atoms with van der Waals surface area (Å²) in [6.45, 7) is 1.80. The van der Waals surface area contributed by atoms with E-state index >= 15 is 0 Å². The van der Waals surface area contributed by atoms with Crippen LogP contribution in [0.15, 0.2) is 98.6 Å². The Bertz CT molecular complexity index is 2080. The first kappa shape index (κ1) is 25.2. The molecule has 41 heavy (non-hydrogen) atoms. The number of carboxylic acids is 1. The largest absolute Gasteiger partial charge is 0.545 e. The number of carbonyl (C=O) groups excluding carboxylic acids is 1. The number of aromatic carboxylic acids is 1. The summed E-state index contributed by atoms with van der Waals surface area (Å²) >= 11 is 1.29. The Morgan fingerprint density at radius 3 is 2.63 bits per heavy atom. The molecule has 1 atom stereocenters. The molecule has 0 unspecified atom stereocenters. The third-order valence-electron chi connectivity index (χ3n) is 7.69. The van der Waals surface area contributed by atoms with Gasteiger partial charge in [0.15, 0.2) is 4.80 Å². The SMILES string of the molecule is Cc1cc(C(=O)[O-])ccc1-c1ccc(/C=c2/sc3n(c2=O)[C@@H](c2ccc(F)cc2)C2=C(N=3)c3ccccc3CC2)o1. The van der Waals surface area contributed by atoms with Crippen LogP contribution in [0.5, 0.6) is 0 Å². The van der Waals surface area contributed by atoms with Gasteiger partial charge in [-0.2, -0.15) is 0 Å². The Kier molecular flexibility index (Phi) is 5.94. The number of fused-ring (bicyclic) bond motifs is 3. The molecule has 3 aromatic carbocycles. The zero-order valence-electron chi connectivity index (χ0n) is 21.9. The molecule has 3 heterocycles. The van der Waals surface area contributed by atoms with Crippen molar-refractivity contribution in [3.05, 3.63) is 144 Å². The van der Waals surface area contributed by atoms with E-state index in [0.717, 1.165) is 46.4 Å². The Morgan fingerprint density at radius 1 is 1.05 bits per heavy atom. The molecule has 0 radical (unpaired) electrons. The average molecular weight is 562 g/mol. The highest BCUT2D eigenvalue weighted by atomic mass is 32.1. The molecule has 0 fully saturated rings. The molecule has 0 amide bonds. The lowest BCUT2D eigenvalue weighted by molar-refractivity contribution is -0.255. The molecule has 202 valence electrons. The molecule has 0 spiro atoms. The highest BCUT2D eigenvalue weighted by Gasteiger charge is 2.32. The fourth-order valence-electron chi connectivity index (χ4n) is 5.74. The van der Waals surface area contributed by atoms with Crippen molar-refractivity contribution in [3.8, 4) is 11.3 Å². The van der Waals surface area contributed by atoms with E-state index in [1.165, 1.54) is 35.1 Å². The minimum atomic E-state index is -1.24. The van der Waals surface area contributed by atoms with Crippen LogP contribution >= 0.6 is 11.3 Å². The van der Waals surface area contributed by atoms with Crippen molar-refractivity contribution in [2.24, 2.45) is 4.99 Å². The number of allylic oxidation sites excluding steroid dienone is 1. The number of hydrogen-bond donors (Lipinski definition) is 0. The number of carboxylic acid groups (broad SMARTS) is 1. The van der Waals surface area contributed by atoms with Gasteiger partial charge in [-0.3, -0.25) is 9.36 Å². The van der Waals surface area contributed by atoms with Gasteiger partial charge in [0.25, 0.3) is 5.56 Å². The smallest absolute Gasteiger partial charge is 0.271 e. The van der Waals surface area contributed by atoms with Crippen molar-refractivity contribution < 1.29 is 18.7 Å². The standard InChI is InChI=1S/C33H23FN2O4S/c1-18-16-21(32(38)39)9-13-24(18)27-15-12-23(40-27)17-28-31(37)36-30(20-6-10-22(34)11-7-20)26-14-8-19-4-2-3-5-25(19)29(26)35-33(36)41-28/h2-7,9-13,15-17,30H,8,14H2,1H3,(H,38,39)/p-1/b28-17+/t30-/m0/s1. The van der Waals surface area contributed by atoms with Gasteiger partial charge in [-0.25, -0.2) is 9.38 Å². The van der Waals surface area contributed by atoms with Crippen LogP contribution in [0.4, 0.5) is 4.39 Å². The molecule has 0 saturated carbocycles. The summed E-state index contributed by atoms with van der Waals surface area (Å²) in [5.74, 6) is -0.523. The molecule has 0 N–H and O–H groups in total. The molecule has 5 aromatic rings. The molecule has 0 bridgehead atoms. The van der Waals surface area contributed by atoms with Crippen LogP contribution in [0.25, 0.3) is 23.1 Å². The van der Waals surface area contributed by atoms with Crippen LogP contribution in [0.1, 0.15) is 50.8 Å². The number of furan rings is 1. The van der Waals surface area contributed by atoms with Crippen molar-refractivity contribution >= 4 is 29.1 Å². The Labute approximate surface area is 237 Å². The van der Waals surface area contributed by atoms with Crippen LogP contribution in [-0.2, 0) is 6.42 Å². The third-order valence-corrected chi connectivity index (χ3v) is 8.67. The van der Waals surface area contributed by atoms with Gasteiger partial charge in [0.2, 0.25) is 0 Å². The van der Waals surface area contributed by atoms with Gasteiger partial charge in [0.1, 0.15) is 17.3 Å². The molecule has 2 aromatic heterocycles. The second-order valence-corrected chi connectivity index (χ2v) is 11.2. The number of benzene rings is 3. The number of thiazole rings is 1. The quantitative estimate of drug-likeness (QED) is 0.326. The Morgan fingerprint density at radius 2 is 1.85 bits per heavy atom. The molecule has 6 nitrogen and oxygen atoms in total. The van der Waals surface area contributed by atoms with Crippen LogP contribution in [-0.4, -0.2) is 10.5 Å². The number of aryl methyl sites for hydroxylation is 2. The normalized spacial score (nSPS) is 16.1. The summed E-state index contributed by atoms with van der Waals surface area (Å²) in [4.78, 5) is 30.7. The molecule has 2 aliphatic rings. The first-order valence-electron chi connectivity index (χ1n) is 13.2. The maximum absolute atomic E-state index is 13.9. The fraction of sp³-hybridized carbons (Fsp3) is 0.121. The topological polar surface area (TPSA) is 87.6 Å². The zero-order valence-corrected chi connectivity index (χ0v) is 22.7. The summed E-state index contributed by atoms with van der Waals surface area (Å²) in [5.41, 5.74) is 6.43. The zero-order chi connectivity index (χ0) is 28.2. The van der Waals surface area contributed by atoms with Crippen LogP contribution in [0, 0.1) is 12.7 Å². The number of carbonyl (C=O) groups is 1. The lowest BCUT2D eigenvalue weighted by Crippen LogP contribution is -2.38. The van der Waals surface area contributed by atoms with Gasteiger partial charge in [-0.1, -0.05) is 59.9 Å². The van der Waals surface area contributed by atoms with E-state index in [0.29, 0.717) is 20.9 Å². The summed E-state index contributed by atoms with van der Waals surface area (Å²) < 4.78 is 22.1. The minimum Gasteiger partial charge on any atom is -0.545 e. The lowest BCUT2D eigenvalue weighted by Gasteiger charge is -2.30. The summed E-state index contributed by atoms with van der Waals surface area (Å²) in [7, 11) is 0. The predicted molar refractivity (Wildman–Crippen MR) is 152 cm³/mol. The van der Waals surface area contributed by atoms with E-state index in [-0.39, 0.29) is 16.9 Å². The first-order chi connectivity index (χ1) is 19.9. The van der Waals surface area contributed by atoms with Crippen LogP contribution in [0.3, 0.4) is 0 Å². The van der Waals surface area contributed by atoms with Gasteiger partial charge < -0.3 is 14.3 Å². The molecular weight excluding hydrogens is 539 g/mol. The third kappa shape index (κ3) is 4.28. The second kappa shape index (κ2) is 9.67. The number of halogens is 1. The van der Waals surface area contributed by atoms with Gasteiger partial charge in [0.05, 0.1) is 22.2 Å². The van der Waals surface area contributed by atoms with E-state index in [9.17, 15) is 19.1 Å². The van der Waals surface area contributed by atoms with Crippen LogP contribution in [0.2, 0.25) is 0 Å². The van der Waals surface area contributed by atoms with Gasteiger partial charge in [-0.15, -0.1) is 0 Å². The summed E-state index contributed by atoms with van der Waals surface area (Å²) in [6.07, 6.45) is 3.29. The van der Waals surface area contributed by atoms with E-state index in [4.69, 9.17) is 9.41 Å². The second-order valence-electron chi connectivity index (χ2n) is 10.2. The molecule has 7 rings (SSSR count). The molecule has 0 saturated heterocycles. The van der Waals surface area contributed by atoms with E-state index in [2.05, 4.69) is 12.1 Å². The minimum absolute atomic E-state index is 0.0974. The van der Waals surface area contributed by atoms with Crippen molar-refractivity contribution in [3.63, 3.8) is 0 Å². The average Bonchev–Trinajstić information content (AvgIpc) is 3.56. The highest BCUT2D eigenvalue weighted by molar-refractivity contribution is 7.07. The van der Waals surface area contributed by atoms with Crippen molar-refractivity contribution in [2.75, 3.05) is 0 Å². The Hall–Kier alpha value is -4.82. The summed E-state index contributed by atoms with van der Waals surface area (Å²) in [6, 6.07) is 22.4. The van der Waals surface area contributed by atoms with Crippen LogP contribution < -0.4 is 20.0 Å². The molecule has 1 aliphatic carbocycles. The maximum Gasteiger partial charge on any atom is 0.271 e. The first-order valence-corrected chi connectivity index (χ1v) is 14.0. The van der Waals surface area contributed by atoms with Crippen molar-refractivity contribution in [1.29, 1.82) is 0 Å². The van der Waals surface area contributed by atoms with Crippen molar-refractivity contribution in [2.45, 2.75) is 25.8 Å². The van der Waals surface area contributed by atoms with E-state index in [1.807, 2.05) is 12.1 Å². The number of nitrogens with zero attached hydrogens (tertiary/aromatic N) is 2. The van der Waals surface area contributed by atoms with Crippen molar-refractivity contribution in [1.82, 2.24) is 4.57 Å². The van der Waals surface area contributed by atoms with Gasteiger partial charge in [-0.05, 0) is 77.9 Å². The monoisotopic (exact) mass is 561 g/mol. The Balaban J connectivity index is 1.36. The lowest BCUT2D eigenvalue weighted by atomic mass is 9.83. The van der Waals surface area contributed by atoms with E-state index in [1.54, 1.807) is 54.0 Å². The van der Waals surface area contributed by atoms with E-state index < -0.39 is 12.0 Å². The summed E-state index contributed by atoms with van der Waals surface area (Å²) in [5, 5.41) is 11.2.